The number of epoxide rings is 1. The van der Waals surface area contributed by atoms with Crippen LogP contribution in [0.3, 0.4) is 0 Å². The molecule has 36 heavy (non-hydrogen) atoms. The molecule has 1 spiro atoms. The number of carbonyl (C=O) groups is 3. The Morgan fingerprint density at radius 2 is 1.86 bits per heavy atom. The molecule has 1 aromatic heterocycles. The number of ether oxygens (including phenoxy) is 3. The Morgan fingerprint density at radius 1 is 1.14 bits per heavy atom. The van der Waals surface area contributed by atoms with Crippen LogP contribution in [0.1, 0.15) is 66.1 Å². The van der Waals surface area contributed by atoms with E-state index in [0.717, 1.165) is 0 Å². The average Bonchev–Trinajstić information content (AvgIpc) is 3.36. The third-order valence-electron chi connectivity index (χ3n) is 10.7. The van der Waals surface area contributed by atoms with Crippen molar-refractivity contribution in [2.45, 2.75) is 84.4 Å². The first-order valence-electron chi connectivity index (χ1n) is 12.7. The van der Waals surface area contributed by atoms with Crippen molar-refractivity contribution in [3.8, 4) is 0 Å². The summed E-state index contributed by atoms with van der Waals surface area (Å²) in [6.07, 6.45) is 4.35. The minimum absolute atomic E-state index is 0.0188. The number of ketones is 1. The minimum atomic E-state index is -1.03. The standard InChI is InChI=1S/C28H34O8/c1-14(29)34-19-11-17-24(2,3)18(31)7-9-25(17,4)20-16(30)12-26(5)21(15-8-10-33-13-15)35-23(32)22-28(26,36-22)27(19,20)6/h7-10,13,16-17,19-22,30H,11-12H2,1-6H3/t16-,17+,19-,20-,21+,22-,25+,26-,27-,28-/m1/s1. The molecule has 8 heteroatoms. The fourth-order valence-corrected chi connectivity index (χ4v) is 9.36. The van der Waals surface area contributed by atoms with E-state index in [1.807, 2.05) is 33.8 Å². The maximum atomic E-state index is 13.3. The molecule has 1 aromatic rings. The van der Waals surface area contributed by atoms with Crippen molar-refractivity contribution in [3.05, 3.63) is 36.3 Å². The Bertz CT molecular complexity index is 1180. The molecule has 2 aliphatic heterocycles. The van der Waals surface area contributed by atoms with E-state index in [1.54, 1.807) is 18.4 Å². The molecule has 194 valence electrons. The van der Waals surface area contributed by atoms with Gasteiger partial charge in [-0.2, -0.15) is 0 Å². The fourth-order valence-electron chi connectivity index (χ4n) is 9.36. The van der Waals surface area contributed by atoms with Crippen LogP contribution < -0.4 is 0 Å². The number of carbonyl (C=O) groups excluding carboxylic acids is 3. The van der Waals surface area contributed by atoms with Gasteiger partial charge in [0, 0.05) is 34.7 Å². The highest BCUT2D eigenvalue weighted by molar-refractivity contribution is 5.96. The first kappa shape index (κ1) is 23.9. The molecule has 3 heterocycles. The van der Waals surface area contributed by atoms with E-state index in [4.69, 9.17) is 18.6 Å². The lowest BCUT2D eigenvalue weighted by atomic mass is 9.35. The first-order chi connectivity index (χ1) is 16.7. The monoisotopic (exact) mass is 498 g/mol. The van der Waals surface area contributed by atoms with E-state index in [-0.39, 0.29) is 11.7 Å². The largest absolute Gasteiger partial charge is 0.472 e. The van der Waals surface area contributed by atoms with Crippen LogP contribution in [-0.2, 0) is 28.6 Å². The molecule has 0 radical (unpaired) electrons. The van der Waals surface area contributed by atoms with Crippen LogP contribution in [-0.4, -0.2) is 46.7 Å². The Hall–Kier alpha value is -2.45. The quantitative estimate of drug-likeness (QED) is 0.486. The smallest absolute Gasteiger partial charge is 0.339 e. The van der Waals surface area contributed by atoms with Crippen molar-refractivity contribution < 1.29 is 38.1 Å². The maximum Gasteiger partial charge on any atom is 0.339 e. The number of esters is 2. The third-order valence-corrected chi connectivity index (χ3v) is 10.7. The summed E-state index contributed by atoms with van der Waals surface area (Å²) < 4.78 is 23.7. The molecular formula is C28H34O8. The fraction of sp³-hybridized carbons (Fsp3) is 0.679. The molecule has 1 N–H and O–H groups in total. The summed E-state index contributed by atoms with van der Waals surface area (Å²) >= 11 is 0. The highest BCUT2D eigenvalue weighted by Gasteiger charge is 2.89. The molecule has 3 aliphatic carbocycles. The van der Waals surface area contributed by atoms with Crippen molar-refractivity contribution in [2.24, 2.45) is 33.5 Å². The second-order valence-corrected chi connectivity index (χ2v) is 12.7. The topological polar surface area (TPSA) is 116 Å². The average molecular weight is 499 g/mol. The lowest BCUT2D eigenvalue weighted by Gasteiger charge is -2.69. The second kappa shape index (κ2) is 6.90. The predicted octanol–water partition coefficient (Wildman–Crippen LogP) is 3.53. The summed E-state index contributed by atoms with van der Waals surface area (Å²) in [5.41, 5.74) is -3.40. The van der Waals surface area contributed by atoms with Gasteiger partial charge in [-0.15, -0.1) is 0 Å². The Labute approximate surface area is 210 Å². The van der Waals surface area contributed by atoms with Gasteiger partial charge >= 0.3 is 11.9 Å². The molecule has 8 nitrogen and oxygen atoms in total. The molecule has 10 atom stereocenters. The summed E-state index contributed by atoms with van der Waals surface area (Å²) in [7, 11) is 0. The zero-order valence-electron chi connectivity index (χ0n) is 21.6. The summed E-state index contributed by atoms with van der Waals surface area (Å²) in [4.78, 5) is 38.7. The van der Waals surface area contributed by atoms with Crippen LogP contribution in [0.5, 0.6) is 0 Å². The number of aliphatic hydroxyl groups excluding tert-OH is 1. The Kier molecular flexibility index (Phi) is 4.58. The van der Waals surface area contributed by atoms with E-state index in [0.29, 0.717) is 18.4 Å². The summed E-state index contributed by atoms with van der Waals surface area (Å²) in [5, 5.41) is 12.0. The molecule has 4 fully saturated rings. The minimum Gasteiger partial charge on any atom is -0.472 e. The number of aliphatic hydroxyl groups is 1. The van der Waals surface area contributed by atoms with Gasteiger partial charge in [-0.3, -0.25) is 9.59 Å². The van der Waals surface area contributed by atoms with E-state index >= 15 is 0 Å². The molecule has 0 aromatic carbocycles. The molecule has 0 unspecified atom stereocenters. The zero-order valence-corrected chi connectivity index (χ0v) is 21.6. The van der Waals surface area contributed by atoms with Crippen LogP contribution >= 0.6 is 0 Å². The van der Waals surface area contributed by atoms with Gasteiger partial charge in [-0.1, -0.05) is 40.7 Å². The van der Waals surface area contributed by atoms with Gasteiger partial charge in [0.25, 0.3) is 0 Å². The van der Waals surface area contributed by atoms with Gasteiger partial charge in [-0.05, 0) is 36.3 Å². The number of rotatable bonds is 2. The number of hydrogen-bond donors (Lipinski definition) is 1. The lowest BCUT2D eigenvalue weighted by Crippen LogP contribution is -2.75. The van der Waals surface area contributed by atoms with Crippen molar-refractivity contribution >= 4 is 17.7 Å². The number of fused-ring (bicyclic) bond motifs is 3. The van der Waals surface area contributed by atoms with E-state index in [9.17, 15) is 19.5 Å². The molecule has 2 saturated carbocycles. The predicted molar refractivity (Wildman–Crippen MR) is 125 cm³/mol. The maximum absolute atomic E-state index is 13.3. The van der Waals surface area contributed by atoms with Crippen molar-refractivity contribution in [2.75, 3.05) is 0 Å². The lowest BCUT2D eigenvalue weighted by molar-refractivity contribution is -0.277. The normalized spacial score (nSPS) is 50.2. The highest BCUT2D eigenvalue weighted by Crippen LogP contribution is 2.79. The van der Waals surface area contributed by atoms with Crippen LogP contribution in [0.15, 0.2) is 35.2 Å². The number of allylic oxidation sites excluding steroid dienone is 2. The molecule has 0 amide bonds. The van der Waals surface area contributed by atoms with Gasteiger partial charge in [0.15, 0.2) is 11.9 Å². The molecular weight excluding hydrogens is 464 g/mol. The molecule has 5 aliphatic rings. The van der Waals surface area contributed by atoms with Gasteiger partial charge in [0.05, 0.1) is 18.6 Å². The van der Waals surface area contributed by atoms with E-state index < -0.39 is 69.5 Å². The Morgan fingerprint density at radius 3 is 2.50 bits per heavy atom. The van der Waals surface area contributed by atoms with E-state index in [1.165, 1.54) is 13.2 Å². The molecule has 6 rings (SSSR count). The molecule has 2 saturated heterocycles. The summed E-state index contributed by atoms with van der Waals surface area (Å²) in [5.74, 6) is -1.51. The first-order valence-corrected chi connectivity index (χ1v) is 12.7. The van der Waals surface area contributed by atoms with Crippen LogP contribution in [0.25, 0.3) is 0 Å². The van der Waals surface area contributed by atoms with Gasteiger partial charge < -0.3 is 23.7 Å². The van der Waals surface area contributed by atoms with Crippen molar-refractivity contribution in [3.63, 3.8) is 0 Å². The van der Waals surface area contributed by atoms with Crippen LogP contribution in [0, 0.1) is 33.5 Å². The Balaban J connectivity index is 1.59. The SMILES string of the molecule is CC(=O)O[C@@H]1C[C@H]2C(C)(C)C(=O)C=C[C@]2(C)[C@H]2[C@H](O)C[C@]3(C)[C@H](c4ccoc4)OC(=O)[C@H]4O[C@]43[C@@]21C. The van der Waals surface area contributed by atoms with Gasteiger partial charge in [-0.25, -0.2) is 4.79 Å². The highest BCUT2D eigenvalue weighted by atomic mass is 16.7. The van der Waals surface area contributed by atoms with Gasteiger partial charge in [0.2, 0.25) is 0 Å². The van der Waals surface area contributed by atoms with Gasteiger partial charge in [0.1, 0.15) is 17.8 Å². The van der Waals surface area contributed by atoms with Crippen molar-refractivity contribution in [1.29, 1.82) is 0 Å². The van der Waals surface area contributed by atoms with Crippen LogP contribution in [0.2, 0.25) is 0 Å². The zero-order chi connectivity index (χ0) is 26.1. The van der Waals surface area contributed by atoms with Crippen LogP contribution in [0.4, 0.5) is 0 Å². The summed E-state index contributed by atoms with van der Waals surface area (Å²) in [6.45, 7) is 11.3. The number of cyclic esters (lactones) is 1. The third kappa shape index (κ3) is 2.50. The number of furan rings is 1. The summed E-state index contributed by atoms with van der Waals surface area (Å²) in [6, 6.07) is 1.76. The molecule has 0 bridgehead atoms. The van der Waals surface area contributed by atoms with Crippen molar-refractivity contribution in [1.82, 2.24) is 0 Å². The number of hydrogen-bond acceptors (Lipinski definition) is 8. The second-order valence-electron chi connectivity index (χ2n) is 12.7. The van der Waals surface area contributed by atoms with E-state index in [2.05, 4.69) is 6.92 Å².